The summed E-state index contributed by atoms with van der Waals surface area (Å²) in [7, 11) is 0. The number of aromatic nitrogens is 1. The molecule has 5 nitrogen and oxygen atoms in total. The van der Waals surface area contributed by atoms with Gasteiger partial charge in [-0.1, -0.05) is 0 Å². The molecule has 0 bridgehead atoms. The molecule has 0 aliphatic heterocycles. The first-order chi connectivity index (χ1) is 4.20. The van der Waals surface area contributed by atoms with Gasteiger partial charge in [-0.2, -0.15) is 5.16 Å². The van der Waals surface area contributed by atoms with E-state index in [1.165, 1.54) is 0 Å². The first-order valence-corrected chi connectivity index (χ1v) is 2.14. The molecule has 0 aliphatic carbocycles. The smallest absolute Gasteiger partial charge is 0.280 e. The Morgan fingerprint density at radius 3 is 2.78 bits per heavy atom. The third-order valence-electron chi connectivity index (χ3n) is 0.748. The zero-order valence-electron chi connectivity index (χ0n) is 4.30. The maximum Gasteiger partial charge on any atom is 0.280 e. The summed E-state index contributed by atoms with van der Waals surface area (Å²) < 4.78 is 4.25. The van der Waals surface area contributed by atoms with Crippen LogP contribution in [0, 0.1) is 5.41 Å². The third-order valence-corrected chi connectivity index (χ3v) is 0.748. The molecule has 1 aromatic rings. The van der Waals surface area contributed by atoms with Gasteiger partial charge in [0.05, 0.1) is 6.07 Å². The third kappa shape index (κ3) is 0.987. The van der Waals surface area contributed by atoms with Crippen LogP contribution >= 0.6 is 0 Å². The summed E-state index contributed by atoms with van der Waals surface area (Å²) >= 11 is 0. The van der Waals surface area contributed by atoms with Crippen molar-refractivity contribution in [1.82, 2.24) is 5.16 Å². The Bertz CT molecular complexity index is 271. The van der Waals surface area contributed by atoms with Crippen LogP contribution in [-0.2, 0) is 0 Å². The van der Waals surface area contributed by atoms with Crippen LogP contribution in [0.3, 0.4) is 0 Å². The SMILES string of the molecule is N=C([O-])c1cc(=O)[nH]o1. The number of H-pyrrole nitrogens is 1. The van der Waals surface area contributed by atoms with E-state index in [1.807, 2.05) is 5.16 Å². The van der Waals surface area contributed by atoms with Gasteiger partial charge in [-0.05, 0) is 0 Å². The van der Waals surface area contributed by atoms with Crippen molar-refractivity contribution in [3.8, 4) is 0 Å². The Hall–Kier alpha value is -1.52. The van der Waals surface area contributed by atoms with Gasteiger partial charge in [0.1, 0.15) is 0 Å². The molecule has 0 unspecified atom stereocenters. The van der Waals surface area contributed by atoms with Gasteiger partial charge in [0.25, 0.3) is 5.56 Å². The summed E-state index contributed by atoms with van der Waals surface area (Å²) in [5.41, 5.74) is -0.509. The van der Waals surface area contributed by atoms with Crippen molar-refractivity contribution in [3.63, 3.8) is 0 Å². The van der Waals surface area contributed by atoms with E-state index in [1.54, 1.807) is 0 Å². The van der Waals surface area contributed by atoms with Crippen LogP contribution in [0.15, 0.2) is 15.4 Å². The summed E-state index contributed by atoms with van der Waals surface area (Å²) in [5, 5.41) is 18.4. The van der Waals surface area contributed by atoms with Gasteiger partial charge in [-0.25, -0.2) is 0 Å². The largest absolute Gasteiger partial charge is 0.856 e. The van der Waals surface area contributed by atoms with Crippen LogP contribution in [0.2, 0.25) is 0 Å². The Kier molecular flexibility index (Phi) is 1.11. The fourth-order valence-corrected chi connectivity index (χ4v) is 0.395. The van der Waals surface area contributed by atoms with E-state index in [4.69, 9.17) is 5.41 Å². The van der Waals surface area contributed by atoms with Crippen LogP contribution in [0.5, 0.6) is 0 Å². The van der Waals surface area contributed by atoms with Crippen LogP contribution in [0.25, 0.3) is 0 Å². The molecule has 1 heterocycles. The Morgan fingerprint density at radius 2 is 2.56 bits per heavy atom. The summed E-state index contributed by atoms with van der Waals surface area (Å²) in [6, 6.07) is 0.926. The Balaban J connectivity index is 3.12. The highest BCUT2D eigenvalue weighted by atomic mass is 16.5. The molecule has 0 aromatic carbocycles. The van der Waals surface area contributed by atoms with Crippen LogP contribution in [0.4, 0.5) is 0 Å². The zero-order chi connectivity index (χ0) is 6.85. The summed E-state index contributed by atoms with van der Waals surface area (Å²) in [6.45, 7) is 0. The lowest BCUT2D eigenvalue weighted by Gasteiger charge is -1.97. The minimum Gasteiger partial charge on any atom is -0.856 e. The second-order valence-corrected chi connectivity index (χ2v) is 1.41. The molecule has 0 amide bonds. The molecule has 9 heavy (non-hydrogen) atoms. The molecular weight excluding hydrogens is 124 g/mol. The lowest BCUT2D eigenvalue weighted by atomic mass is 10.5. The van der Waals surface area contributed by atoms with Crippen molar-refractivity contribution in [2.75, 3.05) is 0 Å². The highest BCUT2D eigenvalue weighted by Crippen LogP contribution is 1.86. The highest BCUT2D eigenvalue weighted by molar-refractivity contribution is 5.84. The molecule has 0 fully saturated rings. The monoisotopic (exact) mass is 127 g/mol. The van der Waals surface area contributed by atoms with Crippen molar-refractivity contribution < 1.29 is 9.63 Å². The number of hydrogen-bond donors (Lipinski definition) is 2. The standard InChI is InChI=1S/C4H4N2O3/c5-4(8)2-1-3(7)6-9-2/h1H,(H2,5,8)(H,6,7)/p-1. The first kappa shape index (κ1) is 5.61. The lowest BCUT2D eigenvalue weighted by molar-refractivity contribution is -0.216. The topological polar surface area (TPSA) is 92.9 Å². The first-order valence-electron chi connectivity index (χ1n) is 2.14. The van der Waals surface area contributed by atoms with E-state index in [0.717, 1.165) is 6.07 Å². The van der Waals surface area contributed by atoms with Gasteiger partial charge in [-0.15, -0.1) is 0 Å². The van der Waals surface area contributed by atoms with Crippen molar-refractivity contribution in [2.24, 2.45) is 0 Å². The summed E-state index contributed by atoms with van der Waals surface area (Å²) in [6.07, 6.45) is 0. The molecule has 5 heteroatoms. The van der Waals surface area contributed by atoms with Crippen molar-refractivity contribution >= 4 is 5.90 Å². The van der Waals surface area contributed by atoms with Gasteiger partial charge >= 0.3 is 0 Å². The van der Waals surface area contributed by atoms with Crippen LogP contribution in [-0.4, -0.2) is 11.1 Å². The Morgan fingerprint density at radius 1 is 1.89 bits per heavy atom. The predicted molar refractivity (Wildman–Crippen MR) is 26.2 cm³/mol. The number of nitrogens with one attached hydrogen (secondary N) is 2. The van der Waals surface area contributed by atoms with Crippen LogP contribution in [0.1, 0.15) is 5.76 Å². The molecule has 0 atom stereocenters. The van der Waals surface area contributed by atoms with Gasteiger partial charge < -0.3 is 15.0 Å². The molecule has 2 N–H and O–H groups in total. The van der Waals surface area contributed by atoms with E-state index in [-0.39, 0.29) is 5.76 Å². The van der Waals surface area contributed by atoms with E-state index >= 15 is 0 Å². The minimum absolute atomic E-state index is 0.264. The maximum absolute atomic E-state index is 10.2. The van der Waals surface area contributed by atoms with Gasteiger partial charge in [0.2, 0.25) is 0 Å². The minimum atomic E-state index is -1.01. The molecule has 0 spiro atoms. The second kappa shape index (κ2) is 1.77. The maximum atomic E-state index is 10.2. The number of rotatable bonds is 1. The van der Waals surface area contributed by atoms with Gasteiger partial charge in [-0.3, -0.25) is 4.79 Å². The predicted octanol–water partition coefficient (Wildman–Crippen LogP) is -1.35. The fourth-order valence-electron chi connectivity index (χ4n) is 0.395. The van der Waals surface area contributed by atoms with E-state index in [9.17, 15) is 9.90 Å². The average molecular weight is 127 g/mol. The van der Waals surface area contributed by atoms with Crippen molar-refractivity contribution in [2.45, 2.75) is 0 Å². The molecule has 0 radical (unpaired) electrons. The molecule has 48 valence electrons. The summed E-state index contributed by atoms with van der Waals surface area (Å²) in [5.74, 6) is -1.27. The van der Waals surface area contributed by atoms with E-state index in [0.29, 0.717) is 0 Å². The van der Waals surface area contributed by atoms with Crippen molar-refractivity contribution in [1.29, 1.82) is 5.41 Å². The van der Waals surface area contributed by atoms with Crippen LogP contribution < -0.4 is 10.7 Å². The molecule has 0 aliphatic rings. The average Bonchev–Trinajstić information content (AvgIpc) is 2.14. The van der Waals surface area contributed by atoms with E-state index in [2.05, 4.69) is 4.52 Å². The second-order valence-electron chi connectivity index (χ2n) is 1.41. The summed E-state index contributed by atoms with van der Waals surface area (Å²) in [4.78, 5) is 10.2. The lowest BCUT2D eigenvalue weighted by Crippen LogP contribution is -2.15. The molecule has 1 aromatic heterocycles. The van der Waals surface area contributed by atoms with Gasteiger partial charge in [0, 0.05) is 5.90 Å². The Labute approximate surface area is 49.4 Å². The molecular formula is C4H3N2O3-. The molecule has 0 saturated carbocycles. The number of aromatic amines is 1. The van der Waals surface area contributed by atoms with Gasteiger partial charge in [0.15, 0.2) is 5.76 Å². The van der Waals surface area contributed by atoms with E-state index < -0.39 is 11.5 Å². The number of hydrogen-bond acceptors (Lipinski definition) is 4. The molecule has 1 rings (SSSR count). The quantitative estimate of drug-likeness (QED) is 0.361. The normalized spacial score (nSPS) is 9.33. The highest BCUT2D eigenvalue weighted by Gasteiger charge is 1.94. The fraction of sp³-hybridized carbons (Fsp3) is 0. The zero-order valence-corrected chi connectivity index (χ0v) is 4.30. The molecule has 0 saturated heterocycles. The van der Waals surface area contributed by atoms with Crippen molar-refractivity contribution in [3.05, 3.63) is 22.2 Å².